The molecule has 1 heterocycles. The molecule has 0 bridgehead atoms. The molecule has 2 aromatic carbocycles. The van der Waals surface area contributed by atoms with Crippen LogP contribution >= 0.6 is 11.6 Å². The first-order chi connectivity index (χ1) is 13.5. The Balaban J connectivity index is 1.74. The lowest BCUT2D eigenvalue weighted by atomic mass is 10.2. The minimum absolute atomic E-state index is 0.00192. The molecule has 28 heavy (non-hydrogen) atoms. The lowest BCUT2D eigenvalue weighted by Gasteiger charge is -2.08. The van der Waals surface area contributed by atoms with Gasteiger partial charge in [0.15, 0.2) is 5.82 Å². The van der Waals surface area contributed by atoms with Crippen LogP contribution in [0.15, 0.2) is 42.5 Å². The fourth-order valence-electron chi connectivity index (χ4n) is 2.42. The fraction of sp³-hybridized carbons (Fsp3) is 0.176. The molecule has 3 rings (SSSR count). The van der Waals surface area contributed by atoms with E-state index in [2.05, 4.69) is 20.8 Å². The summed E-state index contributed by atoms with van der Waals surface area (Å²) in [6.45, 7) is 2.45. The first-order valence-electron chi connectivity index (χ1n) is 8.22. The van der Waals surface area contributed by atoms with Crippen molar-refractivity contribution in [1.82, 2.24) is 25.5 Å². The van der Waals surface area contributed by atoms with E-state index in [4.69, 9.17) is 16.3 Å². The largest absolute Gasteiger partial charge is 0.494 e. The number of nitrogens with zero attached hydrogens (tertiary/aromatic N) is 5. The van der Waals surface area contributed by atoms with Gasteiger partial charge in [0.25, 0.3) is 11.6 Å². The lowest BCUT2D eigenvalue weighted by molar-refractivity contribution is -0.384. The zero-order chi connectivity index (χ0) is 20.1. The third-order valence-corrected chi connectivity index (χ3v) is 4.07. The highest BCUT2D eigenvalue weighted by molar-refractivity contribution is 6.33. The maximum Gasteiger partial charge on any atom is 0.270 e. The van der Waals surface area contributed by atoms with Crippen LogP contribution in [0.5, 0.6) is 5.75 Å². The van der Waals surface area contributed by atoms with E-state index in [0.29, 0.717) is 18.1 Å². The van der Waals surface area contributed by atoms with Gasteiger partial charge in [-0.3, -0.25) is 14.9 Å². The number of carbonyl (C=O) groups is 1. The van der Waals surface area contributed by atoms with Crippen LogP contribution in [0.3, 0.4) is 0 Å². The topological polar surface area (TPSA) is 125 Å². The average Bonchev–Trinajstić information content (AvgIpc) is 3.15. The van der Waals surface area contributed by atoms with Crippen LogP contribution in [0.1, 0.15) is 23.1 Å². The number of carbonyl (C=O) groups excluding carboxylic acids is 1. The second kappa shape index (κ2) is 8.44. The third kappa shape index (κ3) is 4.23. The number of non-ortho nitro benzene ring substituents is 1. The summed E-state index contributed by atoms with van der Waals surface area (Å²) in [6, 6.07) is 10.8. The number of amides is 1. The van der Waals surface area contributed by atoms with E-state index in [0.717, 1.165) is 11.8 Å². The molecule has 0 unspecified atom stereocenters. The van der Waals surface area contributed by atoms with Crippen LogP contribution in [0.4, 0.5) is 5.69 Å². The van der Waals surface area contributed by atoms with E-state index in [1.807, 2.05) is 6.92 Å². The van der Waals surface area contributed by atoms with Crippen molar-refractivity contribution >= 4 is 23.2 Å². The van der Waals surface area contributed by atoms with E-state index >= 15 is 0 Å². The second-order valence-corrected chi connectivity index (χ2v) is 5.94. The number of halogens is 1. The van der Waals surface area contributed by atoms with Crippen LogP contribution in [0.25, 0.3) is 5.69 Å². The van der Waals surface area contributed by atoms with Gasteiger partial charge in [0, 0.05) is 12.1 Å². The van der Waals surface area contributed by atoms with Gasteiger partial charge in [-0.15, -0.1) is 5.10 Å². The number of hydrogen-bond acceptors (Lipinski definition) is 7. The van der Waals surface area contributed by atoms with Crippen molar-refractivity contribution < 1.29 is 14.5 Å². The van der Waals surface area contributed by atoms with Gasteiger partial charge < -0.3 is 10.1 Å². The summed E-state index contributed by atoms with van der Waals surface area (Å²) >= 11 is 5.98. The standard InChI is InChI=1S/C17H15ClN6O4/c1-2-28-13-6-3-11(4-7-13)23-16(20-21-22-23)10-19-17(25)14-9-12(24(26)27)5-8-15(14)18/h3-9H,2,10H2,1H3,(H,19,25). The molecule has 1 aromatic heterocycles. The van der Waals surface area contributed by atoms with Crippen LogP contribution in [0, 0.1) is 10.1 Å². The molecule has 0 aliphatic heterocycles. The van der Waals surface area contributed by atoms with Crippen molar-refractivity contribution in [3.63, 3.8) is 0 Å². The Morgan fingerprint density at radius 2 is 2.04 bits per heavy atom. The Kier molecular flexibility index (Phi) is 5.80. The van der Waals surface area contributed by atoms with Crippen LogP contribution < -0.4 is 10.1 Å². The summed E-state index contributed by atoms with van der Waals surface area (Å²) < 4.78 is 6.86. The fourth-order valence-corrected chi connectivity index (χ4v) is 2.63. The summed E-state index contributed by atoms with van der Waals surface area (Å²) in [5, 5.41) is 25.1. The molecule has 0 atom stereocenters. The molecule has 0 spiro atoms. The van der Waals surface area contributed by atoms with Crippen molar-refractivity contribution in [2.45, 2.75) is 13.5 Å². The van der Waals surface area contributed by atoms with Crippen molar-refractivity contribution in [3.05, 3.63) is 69.0 Å². The van der Waals surface area contributed by atoms with Crippen LogP contribution in [-0.2, 0) is 6.54 Å². The SMILES string of the molecule is CCOc1ccc(-n2nnnc2CNC(=O)c2cc([N+](=O)[O-])ccc2Cl)cc1. The number of hydrogen-bond donors (Lipinski definition) is 1. The smallest absolute Gasteiger partial charge is 0.270 e. The number of ether oxygens (including phenoxy) is 1. The third-order valence-electron chi connectivity index (χ3n) is 3.74. The molecule has 1 N–H and O–H groups in total. The van der Waals surface area contributed by atoms with E-state index in [9.17, 15) is 14.9 Å². The minimum Gasteiger partial charge on any atom is -0.494 e. The summed E-state index contributed by atoms with van der Waals surface area (Å²) in [5.41, 5.74) is 0.454. The van der Waals surface area contributed by atoms with Gasteiger partial charge >= 0.3 is 0 Å². The van der Waals surface area contributed by atoms with Gasteiger partial charge in [0.05, 0.1) is 34.3 Å². The van der Waals surface area contributed by atoms with Gasteiger partial charge in [-0.05, 0) is 47.7 Å². The number of aromatic nitrogens is 4. The first kappa shape index (κ1) is 19.2. The molecule has 0 aliphatic carbocycles. The van der Waals surface area contributed by atoms with Crippen molar-refractivity contribution in [2.24, 2.45) is 0 Å². The highest BCUT2D eigenvalue weighted by Gasteiger charge is 2.17. The molecule has 0 saturated heterocycles. The summed E-state index contributed by atoms with van der Waals surface area (Å²) in [6.07, 6.45) is 0. The number of tetrazole rings is 1. The van der Waals surface area contributed by atoms with Gasteiger partial charge in [0.1, 0.15) is 5.75 Å². The summed E-state index contributed by atoms with van der Waals surface area (Å²) in [5.74, 6) is 0.517. The van der Waals surface area contributed by atoms with E-state index in [-0.39, 0.29) is 22.8 Å². The molecule has 144 valence electrons. The van der Waals surface area contributed by atoms with E-state index in [1.165, 1.54) is 16.8 Å². The van der Waals surface area contributed by atoms with Crippen LogP contribution in [0.2, 0.25) is 5.02 Å². The number of nitrogens with one attached hydrogen (secondary N) is 1. The van der Waals surface area contributed by atoms with Gasteiger partial charge in [-0.2, -0.15) is 4.68 Å². The highest BCUT2D eigenvalue weighted by atomic mass is 35.5. The van der Waals surface area contributed by atoms with Crippen molar-refractivity contribution in [1.29, 1.82) is 0 Å². The molecule has 0 aliphatic rings. The minimum atomic E-state index is -0.598. The zero-order valence-electron chi connectivity index (χ0n) is 14.7. The maximum absolute atomic E-state index is 12.4. The molecule has 3 aromatic rings. The zero-order valence-corrected chi connectivity index (χ0v) is 15.5. The Labute approximate surface area is 164 Å². The van der Waals surface area contributed by atoms with Crippen molar-refractivity contribution in [2.75, 3.05) is 6.61 Å². The predicted octanol–water partition coefficient (Wildman–Crippen LogP) is 2.55. The molecule has 0 fully saturated rings. The number of rotatable bonds is 7. The molecule has 10 nitrogen and oxygen atoms in total. The molecular weight excluding hydrogens is 388 g/mol. The Bertz CT molecular complexity index is 1010. The van der Waals surface area contributed by atoms with Gasteiger partial charge in [-0.25, -0.2) is 0 Å². The average molecular weight is 403 g/mol. The number of benzene rings is 2. The lowest BCUT2D eigenvalue weighted by Crippen LogP contribution is -2.25. The van der Waals surface area contributed by atoms with Gasteiger partial charge in [-0.1, -0.05) is 11.6 Å². The molecule has 1 amide bonds. The Morgan fingerprint density at radius 3 is 2.71 bits per heavy atom. The molecule has 11 heteroatoms. The molecular formula is C17H15ClN6O4. The second-order valence-electron chi connectivity index (χ2n) is 5.54. The Hall–Kier alpha value is -3.53. The van der Waals surface area contributed by atoms with Crippen LogP contribution in [-0.4, -0.2) is 37.6 Å². The molecule has 0 radical (unpaired) electrons. The monoisotopic (exact) mass is 402 g/mol. The summed E-state index contributed by atoms with van der Waals surface area (Å²) in [7, 11) is 0. The van der Waals surface area contributed by atoms with E-state index in [1.54, 1.807) is 24.3 Å². The predicted molar refractivity (Wildman–Crippen MR) is 99.6 cm³/mol. The summed E-state index contributed by atoms with van der Waals surface area (Å²) in [4.78, 5) is 22.7. The first-order valence-corrected chi connectivity index (χ1v) is 8.60. The Morgan fingerprint density at radius 1 is 1.29 bits per heavy atom. The van der Waals surface area contributed by atoms with Crippen molar-refractivity contribution in [3.8, 4) is 11.4 Å². The normalized spacial score (nSPS) is 10.5. The van der Waals surface area contributed by atoms with E-state index < -0.39 is 10.8 Å². The number of nitro benzene ring substituents is 1. The maximum atomic E-state index is 12.4. The molecule has 0 saturated carbocycles. The number of nitro groups is 1. The highest BCUT2D eigenvalue weighted by Crippen LogP contribution is 2.22. The quantitative estimate of drug-likeness (QED) is 0.475. The van der Waals surface area contributed by atoms with Gasteiger partial charge in [0.2, 0.25) is 0 Å².